The molecule has 1 heterocycles. The van der Waals surface area contributed by atoms with Gasteiger partial charge in [-0.25, -0.2) is 0 Å². The van der Waals surface area contributed by atoms with Crippen molar-refractivity contribution in [1.29, 1.82) is 0 Å². The summed E-state index contributed by atoms with van der Waals surface area (Å²) in [6.45, 7) is 1.64. The summed E-state index contributed by atoms with van der Waals surface area (Å²) in [5.41, 5.74) is 0.207. The van der Waals surface area contributed by atoms with E-state index in [9.17, 15) is 14.4 Å². The Balaban J connectivity index is 1.75. The molecule has 1 aromatic carbocycles. The molecule has 144 valence electrons. The first-order chi connectivity index (χ1) is 12.8. The number of furan rings is 1. The molecule has 0 saturated heterocycles. The summed E-state index contributed by atoms with van der Waals surface area (Å²) in [6, 6.07) is 8.03. The monoisotopic (exact) mass is 411 g/mol. The molecule has 1 aromatic heterocycles. The summed E-state index contributed by atoms with van der Waals surface area (Å²) in [4.78, 5) is 37.3. The van der Waals surface area contributed by atoms with Crippen molar-refractivity contribution in [2.45, 2.75) is 13.5 Å². The zero-order chi connectivity index (χ0) is 20.0. The van der Waals surface area contributed by atoms with E-state index < -0.39 is 11.8 Å². The molecule has 0 aliphatic carbocycles. The number of nitrogens with zero attached hydrogens (tertiary/aromatic N) is 1. The van der Waals surface area contributed by atoms with Gasteiger partial charge in [-0.1, -0.05) is 23.2 Å². The zero-order valence-electron chi connectivity index (χ0n) is 14.8. The topological polar surface area (TPSA) is 91.7 Å². The molecule has 0 saturated carbocycles. The lowest BCUT2D eigenvalue weighted by Gasteiger charge is -2.16. The van der Waals surface area contributed by atoms with Crippen LogP contribution in [0.15, 0.2) is 34.7 Å². The molecule has 7 nitrogen and oxygen atoms in total. The first-order valence-electron chi connectivity index (χ1n) is 8.05. The predicted molar refractivity (Wildman–Crippen MR) is 102 cm³/mol. The van der Waals surface area contributed by atoms with Crippen molar-refractivity contribution < 1.29 is 18.8 Å². The summed E-state index contributed by atoms with van der Waals surface area (Å²) in [6.07, 6.45) is 0. The first kappa shape index (κ1) is 20.8. The van der Waals surface area contributed by atoms with Gasteiger partial charge in [0.2, 0.25) is 11.8 Å². The molecule has 0 fully saturated rings. The van der Waals surface area contributed by atoms with E-state index in [1.165, 1.54) is 23.1 Å². The molecule has 0 spiro atoms. The van der Waals surface area contributed by atoms with Gasteiger partial charge in [0.15, 0.2) is 0 Å². The van der Waals surface area contributed by atoms with Crippen LogP contribution < -0.4 is 10.6 Å². The number of carbonyl (C=O) groups excluding carboxylic acids is 3. The van der Waals surface area contributed by atoms with Gasteiger partial charge < -0.3 is 20.0 Å². The van der Waals surface area contributed by atoms with E-state index >= 15 is 0 Å². The highest BCUT2D eigenvalue weighted by Crippen LogP contribution is 2.20. The van der Waals surface area contributed by atoms with Gasteiger partial charge >= 0.3 is 0 Å². The van der Waals surface area contributed by atoms with Crippen molar-refractivity contribution in [2.75, 3.05) is 20.1 Å². The van der Waals surface area contributed by atoms with Crippen LogP contribution in [0.2, 0.25) is 10.0 Å². The number of halogens is 2. The minimum absolute atomic E-state index is 0.186. The van der Waals surface area contributed by atoms with E-state index in [0.29, 0.717) is 17.3 Å². The quantitative estimate of drug-likeness (QED) is 0.731. The van der Waals surface area contributed by atoms with E-state index in [1.807, 2.05) is 13.0 Å². The van der Waals surface area contributed by atoms with Crippen molar-refractivity contribution >= 4 is 40.9 Å². The fourth-order valence-corrected chi connectivity index (χ4v) is 2.69. The minimum Gasteiger partial charge on any atom is -0.464 e. The van der Waals surface area contributed by atoms with Gasteiger partial charge in [-0.2, -0.15) is 0 Å². The largest absolute Gasteiger partial charge is 0.464 e. The van der Waals surface area contributed by atoms with E-state index in [1.54, 1.807) is 13.1 Å². The Morgan fingerprint density at radius 2 is 1.81 bits per heavy atom. The van der Waals surface area contributed by atoms with Gasteiger partial charge in [-0.15, -0.1) is 0 Å². The molecule has 2 aromatic rings. The third-order valence-corrected chi connectivity index (χ3v) is 4.18. The number of benzene rings is 1. The van der Waals surface area contributed by atoms with Crippen molar-refractivity contribution in [1.82, 2.24) is 15.5 Å². The highest BCUT2D eigenvalue weighted by Gasteiger charge is 2.14. The normalized spacial score (nSPS) is 10.4. The Morgan fingerprint density at radius 3 is 2.44 bits per heavy atom. The lowest BCUT2D eigenvalue weighted by molar-refractivity contribution is -0.132. The summed E-state index contributed by atoms with van der Waals surface area (Å²) < 4.78 is 5.41. The van der Waals surface area contributed by atoms with E-state index in [2.05, 4.69) is 10.6 Å². The number of aryl methyl sites for hydroxylation is 1. The third kappa shape index (κ3) is 6.30. The summed E-state index contributed by atoms with van der Waals surface area (Å²) in [5, 5.41) is 5.48. The van der Waals surface area contributed by atoms with Gasteiger partial charge in [0.1, 0.15) is 11.5 Å². The second kappa shape index (κ2) is 9.43. The minimum atomic E-state index is -0.511. The zero-order valence-corrected chi connectivity index (χ0v) is 16.4. The average Bonchev–Trinajstić information content (AvgIpc) is 3.02. The van der Waals surface area contributed by atoms with Crippen LogP contribution in [0, 0.1) is 6.92 Å². The number of rotatable bonds is 7. The molecule has 0 aliphatic rings. The van der Waals surface area contributed by atoms with Gasteiger partial charge in [0.05, 0.1) is 30.2 Å². The van der Waals surface area contributed by atoms with Crippen LogP contribution >= 0.6 is 23.2 Å². The molecule has 2 N–H and O–H groups in total. The second-order valence-electron chi connectivity index (χ2n) is 5.85. The fraction of sp³-hybridized carbons (Fsp3) is 0.278. The third-order valence-electron chi connectivity index (χ3n) is 3.64. The van der Waals surface area contributed by atoms with Crippen molar-refractivity contribution in [2.24, 2.45) is 0 Å². The lowest BCUT2D eigenvalue weighted by Crippen LogP contribution is -2.42. The van der Waals surface area contributed by atoms with Crippen LogP contribution in [0.4, 0.5) is 0 Å². The number of amides is 3. The molecular weight excluding hydrogens is 393 g/mol. The Labute approximate surface area is 166 Å². The van der Waals surface area contributed by atoms with Gasteiger partial charge in [0, 0.05) is 12.1 Å². The highest BCUT2D eigenvalue weighted by molar-refractivity contribution is 6.36. The van der Waals surface area contributed by atoms with Crippen LogP contribution in [0.3, 0.4) is 0 Å². The SMILES string of the molecule is Cc1ccc(CN(C)C(=O)CNC(=O)CNC(=O)c2ccc(Cl)cc2Cl)o1. The van der Waals surface area contributed by atoms with Crippen molar-refractivity contribution in [3.8, 4) is 0 Å². The molecule has 0 aliphatic heterocycles. The predicted octanol–water partition coefficient (Wildman–Crippen LogP) is 2.40. The molecule has 2 rings (SSSR count). The number of hydrogen-bond donors (Lipinski definition) is 2. The smallest absolute Gasteiger partial charge is 0.253 e. The summed E-state index contributed by atoms with van der Waals surface area (Å²) in [7, 11) is 1.61. The van der Waals surface area contributed by atoms with Crippen LogP contribution in [-0.4, -0.2) is 42.8 Å². The molecule has 0 unspecified atom stereocenters. The van der Waals surface area contributed by atoms with Crippen LogP contribution in [0.1, 0.15) is 21.9 Å². The summed E-state index contributed by atoms with van der Waals surface area (Å²) in [5.74, 6) is 0.120. The van der Waals surface area contributed by atoms with E-state index in [0.717, 1.165) is 5.76 Å². The number of nitrogens with one attached hydrogen (secondary N) is 2. The Morgan fingerprint density at radius 1 is 1.07 bits per heavy atom. The standard InChI is InChI=1S/C18H19Cl2N3O4/c1-11-3-5-13(27-11)10-23(2)17(25)9-21-16(24)8-22-18(26)14-6-4-12(19)7-15(14)20/h3-7H,8-10H2,1-2H3,(H,21,24)(H,22,26). The van der Waals surface area contributed by atoms with Crippen molar-refractivity contribution in [3.05, 3.63) is 57.5 Å². The molecule has 0 bridgehead atoms. The maximum Gasteiger partial charge on any atom is 0.253 e. The molecule has 0 atom stereocenters. The number of likely N-dealkylation sites (N-methyl/N-ethyl adjacent to an activating group) is 1. The molecule has 0 radical (unpaired) electrons. The summed E-state index contributed by atoms with van der Waals surface area (Å²) >= 11 is 11.7. The molecule has 9 heteroatoms. The number of carbonyl (C=O) groups is 3. The first-order valence-corrected chi connectivity index (χ1v) is 8.81. The van der Waals surface area contributed by atoms with Crippen LogP contribution in [0.5, 0.6) is 0 Å². The fourth-order valence-electron chi connectivity index (χ4n) is 2.19. The molecular formula is C18H19Cl2N3O4. The van der Waals surface area contributed by atoms with E-state index in [4.69, 9.17) is 27.6 Å². The Hall–Kier alpha value is -2.51. The van der Waals surface area contributed by atoms with E-state index in [-0.39, 0.29) is 29.6 Å². The van der Waals surface area contributed by atoms with Crippen molar-refractivity contribution in [3.63, 3.8) is 0 Å². The molecule has 27 heavy (non-hydrogen) atoms. The second-order valence-corrected chi connectivity index (χ2v) is 6.69. The maximum absolute atomic E-state index is 12.0. The van der Waals surface area contributed by atoms with Gasteiger partial charge in [0.25, 0.3) is 5.91 Å². The highest BCUT2D eigenvalue weighted by atomic mass is 35.5. The Kier molecular flexibility index (Phi) is 7.27. The number of hydrogen-bond acceptors (Lipinski definition) is 4. The Bertz CT molecular complexity index is 851. The van der Waals surface area contributed by atoms with Gasteiger partial charge in [-0.05, 0) is 37.3 Å². The van der Waals surface area contributed by atoms with Gasteiger partial charge in [-0.3, -0.25) is 14.4 Å². The van der Waals surface area contributed by atoms with Crippen LogP contribution in [0.25, 0.3) is 0 Å². The van der Waals surface area contributed by atoms with Crippen LogP contribution in [-0.2, 0) is 16.1 Å². The maximum atomic E-state index is 12.0. The lowest BCUT2D eigenvalue weighted by atomic mass is 10.2. The molecule has 3 amide bonds. The average molecular weight is 412 g/mol.